The number of aryl methyl sites for hydroxylation is 1. The Hall–Kier alpha value is -1.88. The van der Waals surface area contributed by atoms with Crippen molar-refractivity contribution >= 4 is 0 Å². The minimum absolute atomic E-state index is 0.296. The van der Waals surface area contributed by atoms with E-state index in [4.69, 9.17) is 9.26 Å². The molecule has 2 rings (SSSR count). The maximum Gasteiger partial charge on any atom is 0.264 e. The summed E-state index contributed by atoms with van der Waals surface area (Å²) in [5.41, 5.74) is 1.20. The van der Waals surface area contributed by atoms with Crippen molar-refractivity contribution in [2.45, 2.75) is 32.9 Å². The van der Waals surface area contributed by atoms with Crippen LogP contribution in [0.1, 0.15) is 24.2 Å². The van der Waals surface area contributed by atoms with Crippen molar-refractivity contribution in [3.8, 4) is 5.75 Å². The van der Waals surface area contributed by atoms with E-state index in [1.807, 2.05) is 38.2 Å². The number of rotatable bonds is 6. The fourth-order valence-corrected chi connectivity index (χ4v) is 1.59. The summed E-state index contributed by atoms with van der Waals surface area (Å²) < 4.78 is 10.7. The molecule has 0 bridgehead atoms. The minimum Gasteiger partial charge on any atom is -0.484 e. The largest absolute Gasteiger partial charge is 0.484 e. The van der Waals surface area contributed by atoms with E-state index in [1.165, 1.54) is 5.56 Å². The van der Waals surface area contributed by atoms with Gasteiger partial charge in [-0.05, 0) is 33.0 Å². The summed E-state index contributed by atoms with van der Waals surface area (Å²) in [7, 11) is 1.91. The van der Waals surface area contributed by atoms with Crippen molar-refractivity contribution in [3.63, 3.8) is 0 Å². The molecule has 0 saturated carbocycles. The highest BCUT2D eigenvalue weighted by Crippen LogP contribution is 2.13. The highest BCUT2D eigenvalue weighted by Gasteiger charge is 2.09. The monoisotopic (exact) mass is 261 g/mol. The normalized spacial score (nSPS) is 12.4. The molecule has 1 N–H and O–H groups in total. The molecule has 1 aromatic carbocycles. The summed E-state index contributed by atoms with van der Waals surface area (Å²) >= 11 is 0. The second kappa shape index (κ2) is 6.33. The van der Waals surface area contributed by atoms with Crippen LogP contribution < -0.4 is 10.1 Å². The lowest BCUT2D eigenvalue weighted by Crippen LogP contribution is -2.24. The van der Waals surface area contributed by atoms with Crippen LogP contribution >= 0.6 is 0 Å². The van der Waals surface area contributed by atoms with Crippen LogP contribution in [0, 0.1) is 6.92 Å². The molecule has 19 heavy (non-hydrogen) atoms. The summed E-state index contributed by atoms with van der Waals surface area (Å²) in [5, 5.41) is 7.06. The standard InChI is InChI=1S/C14H19N3O2/c1-10-4-6-12(7-5-10)18-9-14-16-13(17-19-14)8-11(2)15-3/h4-7,11,15H,8-9H2,1-3H3. The van der Waals surface area contributed by atoms with Crippen LogP contribution in [0.25, 0.3) is 0 Å². The Bertz CT molecular complexity index is 508. The van der Waals surface area contributed by atoms with Gasteiger partial charge in [0.2, 0.25) is 0 Å². The predicted molar refractivity (Wildman–Crippen MR) is 72.0 cm³/mol. The SMILES string of the molecule is CNC(C)Cc1noc(COc2ccc(C)cc2)n1. The van der Waals surface area contributed by atoms with Gasteiger partial charge in [0.05, 0.1) is 0 Å². The minimum atomic E-state index is 0.296. The Balaban J connectivity index is 1.88. The first-order valence-corrected chi connectivity index (χ1v) is 6.35. The van der Waals surface area contributed by atoms with Crippen molar-refractivity contribution in [2.75, 3.05) is 7.05 Å². The van der Waals surface area contributed by atoms with E-state index >= 15 is 0 Å². The topological polar surface area (TPSA) is 60.2 Å². The Morgan fingerprint density at radius 3 is 2.74 bits per heavy atom. The van der Waals surface area contributed by atoms with E-state index in [-0.39, 0.29) is 0 Å². The Morgan fingerprint density at radius 1 is 1.32 bits per heavy atom. The van der Waals surface area contributed by atoms with E-state index in [9.17, 15) is 0 Å². The lowest BCUT2D eigenvalue weighted by Gasteiger charge is -2.04. The zero-order valence-corrected chi connectivity index (χ0v) is 11.5. The van der Waals surface area contributed by atoms with Gasteiger partial charge in [-0.15, -0.1) is 0 Å². The number of nitrogens with zero attached hydrogens (tertiary/aromatic N) is 2. The summed E-state index contributed by atoms with van der Waals surface area (Å²) in [4.78, 5) is 4.29. The average molecular weight is 261 g/mol. The van der Waals surface area contributed by atoms with E-state index in [0.29, 0.717) is 24.4 Å². The number of ether oxygens (including phenoxy) is 1. The molecule has 1 heterocycles. The van der Waals surface area contributed by atoms with Gasteiger partial charge in [0.1, 0.15) is 5.75 Å². The van der Waals surface area contributed by atoms with E-state index < -0.39 is 0 Å². The van der Waals surface area contributed by atoms with Gasteiger partial charge in [0, 0.05) is 12.5 Å². The average Bonchev–Trinajstić information content (AvgIpc) is 2.85. The van der Waals surface area contributed by atoms with Gasteiger partial charge in [-0.3, -0.25) is 0 Å². The zero-order valence-electron chi connectivity index (χ0n) is 11.5. The van der Waals surface area contributed by atoms with Gasteiger partial charge < -0.3 is 14.6 Å². The molecule has 1 unspecified atom stereocenters. The highest BCUT2D eigenvalue weighted by molar-refractivity contribution is 5.26. The van der Waals surface area contributed by atoms with Crippen molar-refractivity contribution in [3.05, 3.63) is 41.5 Å². The molecule has 0 aliphatic heterocycles. The molecule has 0 amide bonds. The van der Waals surface area contributed by atoms with Crippen LogP contribution in [0.4, 0.5) is 0 Å². The molecule has 5 nitrogen and oxygen atoms in total. The van der Waals surface area contributed by atoms with Gasteiger partial charge in [0.15, 0.2) is 12.4 Å². The summed E-state index contributed by atoms with van der Waals surface area (Å²) in [6, 6.07) is 8.18. The molecule has 0 fully saturated rings. The van der Waals surface area contributed by atoms with Crippen molar-refractivity contribution < 1.29 is 9.26 Å². The molecule has 5 heteroatoms. The Morgan fingerprint density at radius 2 is 2.05 bits per heavy atom. The number of hydrogen-bond donors (Lipinski definition) is 1. The maximum absolute atomic E-state index is 5.58. The van der Waals surface area contributed by atoms with Crippen LogP contribution in [-0.2, 0) is 13.0 Å². The second-order valence-corrected chi connectivity index (χ2v) is 4.60. The molecule has 0 spiro atoms. The summed E-state index contributed by atoms with van der Waals surface area (Å²) in [6.45, 7) is 4.40. The Kier molecular flexibility index (Phi) is 4.52. The maximum atomic E-state index is 5.58. The first-order valence-electron chi connectivity index (χ1n) is 6.35. The molecule has 102 valence electrons. The quantitative estimate of drug-likeness (QED) is 0.863. The molecule has 0 radical (unpaired) electrons. The lowest BCUT2D eigenvalue weighted by atomic mass is 10.2. The van der Waals surface area contributed by atoms with Crippen molar-refractivity contribution in [2.24, 2.45) is 0 Å². The van der Waals surface area contributed by atoms with Gasteiger partial charge in [-0.25, -0.2) is 0 Å². The summed E-state index contributed by atoms with van der Waals surface area (Å²) in [6.07, 6.45) is 0.741. The molecular weight excluding hydrogens is 242 g/mol. The number of likely N-dealkylation sites (N-methyl/N-ethyl adjacent to an activating group) is 1. The smallest absolute Gasteiger partial charge is 0.264 e. The van der Waals surface area contributed by atoms with Crippen LogP contribution in [0.15, 0.2) is 28.8 Å². The fraction of sp³-hybridized carbons (Fsp3) is 0.429. The van der Waals surface area contributed by atoms with E-state index in [2.05, 4.69) is 22.4 Å². The predicted octanol–water partition coefficient (Wildman–Crippen LogP) is 2.11. The number of hydrogen-bond acceptors (Lipinski definition) is 5. The van der Waals surface area contributed by atoms with E-state index in [0.717, 1.165) is 12.2 Å². The third-order valence-corrected chi connectivity index (χ3v) is 2.88. The lowest BCUT2D eigenvalue weighted by molar-refractivity contribution is 0.242. The molecular formula is C14H19N3O2. The summed E-state index contributed by atoms with van der Waals surface area (Å²) in [5.74, 6) is 2.00. The molecule has 2 aromatic rings. The molecule has 1 aromatic heterocycles. The number of aromatic nitrogens is 2. The third kappa shape index (κ3) is 4.06. The number of nitrogens with one attached hydrogen (secondary N) is 1. The van der Waals surface area contributed by atoms with Gasteiger partial charge in [0.25, 0.3) is 5.89 Å². The van der Waals surface area contributed by atoms with Crippen LogP contribution in [0.2, 0.25) is 0 Å². The number of benzene rings is 1. The third-order valence-electron chi connectivity index (χ3n) is 2.88. The second-order valence-electron chi connectivity index (χ2n) is 4.60. The van der Waals surface area contributed by atoms with Crippen LogP contribution in [0.5, 0.6) is 5.75 Å². The first-order chi connectivity index (χ1) is 9.17. The van der Waals surface area contributed by atoms with Crippen molar-refractivity contribution in [1.29, 1.82) is 0 Å². The fourth-order valence-electron chi connectivity index (χ4n) is 1.59. The molecule has 0 aliphatic carbocycles. The van der Waals surface area contributed by atoms with Gasteiger partial charge in [-0.2, -0.15) is 4.98 Å². The van der Waals surface area contributed by atoms with Crippen molar-refractivity contribution in [1.82, 2.24) is 15.5 Å². The molecule has 0 saturated heterocycles. The molecule has 1 atom stereocenters. The van der Waals surface area contributed by atoms with E-state index in [1.54, 1.807) is 0 Å². The van der Waals surface area contributed by atoms with Crippen LogP contribution in [0.3, 0.4) is 0 Å². The highest BCUT2D eigenvalue weighted by atomic mass is 16.5. The van der Waals surface area contributed by atoms with Crippen LogP contribution in [-0.4, -0.2) is 23.2 Å². The van der Waals surface area contributed by atoms with Gasteiger partial charge >= 0.3 is 0 Å². The molecule has 0 aliphatic rings. The Labute approximate surface area is 113 Å². The first kappa shape index (κ1) is 13.5. The van der Waals surface area contributed by atoms with Gasteiger partial charge in [-0.1, -0.05) is 22.9 Å². The zero-order chi connectivity index (χ0) is 13.7.